The highest BCUT2D eigenvalue weighted by Crippen LogP contribution is 2.20. The first kappa shape index (κ1) is 13.2. The topological polar surface area (TPSA) is 104 Å². The quantitative estimate of drug-likeness (QED) is 0.629. The van der Waals surface area contributed by atoms with Gasteiger partial charge in [0.05, 0.1) is 4.92 Å². The summed E-state index contributed by atoms with van der Waals surface area (Å²) in [4.78, 5) is 14.1. The molecule has 1 aliphatic heterocycles. The Morgan fingerprint density at radius 2 is 2.42 bits per heavy atom. The highest BCUT2D eigenvalue weighted by Gasteiger charge is 2.16. The van der Waals surface area contributed by atoms with Crippen LogP contribution in [0.5, 0.6) is 0 Å². The van der Waals surface area contributed by atoms with E-state index in [2.05, 4.69) is 15.6 Å². The van der Waals surface area contributed by atoms with Crippen molar-refractivity contribution in [3.8, 4) is 6.07 Å². The van der Waals surface area contributed by atoms with Crippen LogP contribution < -0.4 is 10.6 Å². The van der Waals surface area contributed by atoms with E-state index in [-0.39, 0.29) is 17.3 Å². The average Bonchev–Trinajstić information content (AvgIpc) is 2.67. The van der Waals surface area contributed by atoms with E-state index in [1.54, 1.807) is 0 Å². The molecule has 100 valence electrons. The van der Waals surface area contributed by atoms with E-state index < -0.39 is 4.92 Å². The number of hydrogen-bond acceptors (Lipinski definition) is 6. The van der Waals surface area contributed by atoms with Crippen LogP contribution in [-0.2, 0) is 0 Å². The van der Waals surface area contributed by atoms with Crippen LogP contribution >= 0.6 is 0 Å². The van der Waals surface area contributed by atoms with Crippen molar-refractivity contribution in [1.82, 2.24) is 10.3 Å². The zero-order chi connectivity index (χ0) is 13.7. The lowest BCUT2D eigenvalue weighted by atomic mass is 10.1. The molecule has 1 atom stereocenters. The summed E-state index contributed by atoms with van der Waals surface area (Å²) in [6.07, 6.45) is 4.42. The van der Waals surface area contributed by atoms with Gasteiger partial charge in [-0.1, -0.05) is 6.42 Å². The molecule has 1 unspecified atom stereocenters. The summed E-state index contributed by atoms with van der Waals surface area (Å²) < 4.78 is 0. The second-order valence-corrected chi connectivity index (χ2v) is 4.50. The molecule has 1 aromatic heterocycles. The molecule has 2 N–H and O–H groups in total. The fourth-order valence-electron chi connectivity index (χ4n) is 2.09. The lowest BCUT2D eigenvalue weighted by molar-refractivity contribution is -0.385. The lowest BCUT2D eigenvalue weighted by Crippen LogP contribution is -2.31. The molecule has 2 heterocycles. The molecule has 0 radical (unpaired) electrons. The maximum Gasteiger partial charge on any atom is 0.289 e. The van der Waals surface area contributed by atoms with Crippen LogP contribution in [0, 0.1) is 21.4 Å². The summed E-state index contributed by atoms with van der Waals surface area (Å²) >= 11 is 0. The van der Waals surface area contributed by atoms with Crippen molar-refractivity contribution in [1.29, 1.82) is 5.26 Å². The van der Waals surface area contributed by atoms with Crippen molar-refractivity contribution in [3.63, 3.8) is 0 Å². The van der Waals surface area contributed by atoms with Crippen LogP contribution in [0.1, 0.15) is 24.8 Å². The van der Waals surface area contributed by atoms with E-state index in [1.807, 2.05) is 6.07 Å². The van der Waals surface area contributed by atoms with Gasteiger partial charge in [0, 0.05) is 18.7 Å². The Morgan fingerprint density at radius 3 is 3.16 bits per heavy atom. The van der Waals surface area contributed by atoms with Crippen LogP contribution in [0.4, 0.5) is 11.5 Å². The molecule has 1 fully saturated rings. The van der Waals surface area contributed by atoms with Gasteiger partial charge in [-0.25, -0.2) is 4.98 Å². The van der Waals surface area contributed by atoms with Crippen LogP contribution in [-0.4, -0.2) is 29.0 Å². The smallest absolute Gasteiger partial charge is 0.289 e. The minimum Gasteiger partial charge on any atom is -0.365 e. The van der Waals surface area contributed by atoms with E-state index in [1.165, 1.54) is 12.3 Å². The first-order valence-electron chi connectivity index (χ1n) is 6.22. The molecule has 1 aromatic rings. The van der Waals surface area contributed by atoms with Crippen molar-refractivity contribution >= 4 is 11.5 Å². The number of aromatic nitrogens is 1. The standard InChI is InChI=1S/C12H15N5O2/c13-6-9-5-11(17(18)19)8-15-12(9)16-10-3-1-2-4-14-7-10/h5,8,10,14H,1-4,7H2,(H,15,16). The number of nitrogens with zero attached hydrogens (tertiary/aromatic N) is 3. The summed E-state index contributed by atoms with van der Waals surface area (Å²) in [7, 11) is 0. The number of nitriles is 1. The molecule has 2 rings (SSSR count). The molecule has 0 amide bonds. The third kappa shape index (κ3) is 3.39. The molecule has 0 bridgehead atoms. The molecule has 19 heavy (non-hydrogen) atoms. The van der Waals surface area contributed by atoms with Gasteiger partial charge < -0.3 is 10.6 Å². The monoisotopic (exact) mass is 261 g/mol. The molecule has 0 spiro atoms. The summed E-state index contributed by atoms with van der Waals surface area (Å²) in [5.74, 6) is 0.418. The van der Waals surface area contributed by atoms with Crippen LogP contribution in [0.2, 0.25) is 0 Å². The molecule has 0 saturated carbocycles. The number of pyridine rings is 1. The molecule has 7 heteroatoms. The molecular formula is C12H15N5O2. The largest absolute Gasteiger partial charge is 0.365 e. The van der Waals surface area contributed by atoms with Gasteiger partial charge >= 0.3 is 0 Å². The zero-order valence-corrected chi connectivity index (χ0v) is 10.4. The fraction of sp³-hybridized carbons (Fsp3) is 0.500. The Labute approximate surface area is 110 Å². The molecule has 1 aliphatic rings. The third-order valence-corrected chi connectivity index (χ3v) is 3.09. The van der Waals surface area contributed by atoms with Crippen molar-refractivity contribution in [2.45, 2.75) is 25.3 Å². The first-order valence-corrected chi connectivity index (χ1v) is 6.22. The predicted molar refractivity (Wildman–Crippen MR) is 69.7 cm³/mol. The lowest BCUT2D eigenvalue weighted by Gasteiger charge is -2.17. The maximum absolute atomic E-state index is 10.6. The second kappa shape index (κ2) is 6.11. The Hall–Kier alpha value is -2.20. The molecule has 1 saturated heterocycles. The van der Waals surface area contributed by atoms with Gasteiger partial charge in [-0.05, 0) is 19.4 Å². The fourth-order valence-corrected chi connectivity index (χ4v) is 2.09. The van der Waals surface area contributed by atoms with Crippen LogP contribution in [0.15, 0.2) is 12.3 Å². The average molecular weight is 261 g/mol. The number of hydrogen-bond donors (Lipinski definition) is 2. The van der Waals surface area contributed by atoms with Gasteiger partial charge in [0.25, 0.3) is 5.69 Å². The van der Waals surface area contributed by atoms with E-state index >= 15 is 0 Å². The first-order chi connectivity index (χ1) is 9.20. The van der Waals surface area contributed by atoms with Crippen molar-refractivity contribution in [2.24, 2.45) is 0 Å². The minimum atomic E-state index is -0.551. The van der Waals surface area contributed by atoms with Gasteiger partial charge in [0.15, 0.2) is 0 Å². The number of nitrogens with one attached hydrogen (secondary N) is 2. The molecular weight excluding hydrogens is 246 g/mol. The summed E-state index contributed by atoms with van der Waals surface area (Å²) in [6.45, 7) is 1.81. The van der Waals surface area contributed by atoms with Crippen molar-refractivity contribution in [2.75, 3.05) is 18.4 Å². The molecule has 0 aliphatic carbocycles. The number of rotatable bonds is 3. The van der Waals surface area contributed by atoms with Gasteiger partial charge in [-0.3, -0.25) is 10.1 Å². The summed E-state index contributed by atoms with van der Waals surface area (Å²) in [5.41, 5.74) is 0.0412. The Bertz CT molecular complexity index is 503. The third-order valence-electron chi connectivity index (χ3n) is 3.09. The van der Waals surface area contributed by atoms with Gasteiger partial charge in [-0.2, -0.15) is 5.26 Å². The minimum absolute atomic E-state index is 0.166. The van der Waals surface area contributed by atoms with E-state index in [9.17, 15) is 10.1 Å². The van der Waals surface area contributed by atoms with Crippen molar-refractivity contribution < 1.29 is 4.92 Å². The van der Waals surface area contributed by atoms with E-state index in [0.717, 1.165) is 32.4 Å². The second-order valence-electron chi connectivity index (χ2n) is 4.50. The molecule has 7 nitrogen and oxygen atoms in total. The van der Waals surface area contributed by atoms with E-state index in [4.69, 9.17) is 5.26 Å². The maximum atomic E-state index is 10.6. The SMILES string of the molecule is N#Cc1cc([N+](=O)[O-])cnc1NC1CCCCNC1. The van der Waals surface area contributed by atoms with Gasteiger partial charge in [-0.15, -0.1) is 0 Å². The summed E-state index contributed by atoms with van der Waals surface area (Å²) in [6, 6.07) is 3.39. The highest BCUT2D eigenvalue weighted by atomic mass is 16.6. The van der Waals surface area contributed by atoms with Crippen molar-refractivity contribution in [3.05, 3.63) is 27.9 Å². The zero-order valence-electron chi connectivity index (χ0n) is 10.4. The van der Waals surface area contributed by atoms with Gasteiger partial charge in [0.2, 0.25) is 0 Å². The van der Waals surface area contributed by atoms with E-state index in [0.29, 0.717) is 5.82 Å². The van der Waals surface area contributed by atoms with Crippen LogP contribution in [0.3, 0.4) is 0 Å². The Kier molecular flexibility index (Phi) is 4.26. The summed E-state index contributed by atoms with van der Waals surface area (Å²) in [5, 5.41) is 26.2. The molecule has 0 aromatic carbocycles. The van der Waals surface area contributed by atoms with Gasteiger partial charge in [0.1, 0.15) is 23.6 Å². The number of anilines is 1. The van der Waals surface area contributed by atoms with Crippen LogP contribution in [0.25, 0.3) is 0 Å². The highest BCUT2D eigenvalue weighted by molar-refractivity contribution is 5.56. The predicted octanol–water partition coefficient (Wildman–Crippen LogP) is 1.42. The normalized spacial score (nSPS) is 19.2. The Balaban J connectivity index is 2.15. The Morgan fingerprint density at radius 1 is 1.58 bits per heavy atom. The number of nitro groups is 1.